The van der Waals surface area contributed by atoms with Crippen molar-refractivity contribution in [3.05, 3.63) is 179 Å². The number of hydrogen-bond donors (Lipinski definition) is 0. The van der Waals surface area contributed by atoms with Gasteiger partial charge in [0.1, 0.15) is 0 Å². The van der Waals surface area contributed by atoms with Crippen LogP contribution in [0.15, 0.2) is 146 Å². The normalized spacial score (nSPS) is 15.6. The monoisotopic (exact) mass is 656 g/mol. The molecule has 0 aliphatic heterocycles. The Kier molecular flexibility index (Phi) is 9.29. The van der Waals surface area contributed by atoms with Crippen LogP contribution in [-0.4, -0.2) is 10.2 Å². The molecule has 6 aromatic carbocycles. The van der Waals surface area contributed by atoms with Crippen molar-refractivity contribution in [2.24, 2.45) is 0 Å². The summed E-state index contributed by atoms with van der Waals surface area (Å²) >= 11 is 0. The smallest absolute Gasteiger partial charge is 0.0461 e. The van der Waals surface area contributed by atoms with E-state index >= 15 is 0 Å². The minimum Gasteiger partial charge on any atom is -0.311 e. The summed E-state index contributed by atoms with van der Waals surface area (Å²) in [4.78, 5) is 4.77. The zero-order valence-corrected chi connectivity index (χ0v) is 31.7. The first-order chi connectivity index (χ1) is 23.8. The molecule has 0 heterocycles. The Balaban J connectivity index is 1.27. The fourth-order valence-corrected chi connectivity index (χ4v) is 9.22. The van der Waals surface area contributed by atoms with Crippen molar-refractivity contribution in [1.29, 1.82) is 0 Å². The molecule has 1 aliphatic rings. The summed E-state index contributed by atoms with van der Waals surface area (Å²) in [5, 5.41) is 0. The van der Waals surface area contributed by atoms with Gasteiger partial charge in [0, 0.05) is 49.8 Å². The van der Waals surface area contributed by atoms with Gasteiger partial charge in [0.05, 0.1) is 0 Å². The highest BCUT2D eigenvalue weighted by Gasteiger charge is 2.41. The van der Waals surface area contributed by atoms with Crippen LogP contribution in [0.2, 0.25) is 5.54 Å². The van der Waals surface area contributed by atoms with Gasteiger partial charge in [-0.1, -0.05) is 114 Å². The van der Waals surface area contributed by atoms with Gasteiger partial charge in [-0.15, -0.1) is 0 Å². The summed E-state index contributed by atoms with van der Waals surface area (Å²) in [6, 6.07) is 54.6. The summed E-state index contributed by atoms with van der Waals surface area (Å²) in [6.07, 6.45) is 5.09. The van der Waals surface area contributed by atoms with Gasteiger partial charge in [0.15, 0.2) is 0 Å². The molecular weight excluding hydrogens is 609 g/mol. The molecule has 1 unspecified atom stereocenters. The number of aryl methyl sites for hydroxylation is 4. The summed E-state index contributed by atoms with van der Waals surface area (Å²) < 4.78 is 0. The van der Waals surface area contributed by atoms with Crippen molar-refractivity contribution in [1.82, 2.24) is 0 Å². The van der Waals surface area contributed by atoms with E-state index in [1.807, 2.05) is 0 Å². The third-order valence-electron chi connectivity index (χ3n) is 10.7. The highest BCUT2D eigenvalue weighted by atomic mass is 28.1. The first kappa shape index (κ1) is 32.7. The van der Waals surface area contributed by atoms with Crippen LogP contribution in [0, 0.1) is 27.7 Å². The lowest BCUT2D eigenvalue weighted by Gasteiger charge is -2.44. The van der Waals surface area contributed by atoms with Gasteiger partial charge in [-0.05, 0) is 124 Å². The SMILES string of the molecule is Cc1ccc(N(c2ccc(C)cc2)c2ccc(C3(c4ccc(N(c5ccc(C)cc5)c5ccc(C)cc5)cc4)CCCCC3[SiH3])cc2)cc1. The molecular formula is C46H48N2Si. The molecule has 7 rings (SSSR count). The molecule has 49 heavy (non-hydrogen) atoms. The summed E-state index contributed by atoms with van der Waals surface area (Å²) in [7, 11) is 1.16. The zero-order chi connectivity index (χ0) is 34.0. The minimum absolute atomic E-state index is 0.0264. The lowest BCUT2D eigenvalue weighted by molar-refractivity contribution is 0.347. The molecule has 0 spiro atoms. The highest BCUT2D eigenvalue weighted by Crippen LogP contribution is 2.52. The Labute approximate surface area is 296 Å². The van der Waals surface area contributed by atoms with E-state index in [9.17, 15) is 0 Å². The van der Waals surface area contributed by atoms with E-state index in [-0.39, 0.29) is 5.41 Å². The first-order valence-corrected chi connectivity index (χ1v) is 19.1. The van der Waals surface area contributed by atoms with Crippen molar-refractivity contribution in [2.45, 2.75) is 64.3 Å². The molecule has 0 amide bonds. The van der Waals surface area contributed by atoms with Crippen LogP contribution in [0.1, 0.15) is 59.1 Å². The Morgan fingerprint density at radius 2 is 0.673 bits per heavy atom. The van der Waals surface area contributed by atoms with E-state index < -0.39 is 0 Å². The molecule has 3 heteroatoms. The van der Waals surface area contributed by atoms with E-state index in [0.717, 1.165) is 10.2 Å². The number of benzene rings is 6. The quantitative estimate of drug-likeness (QED) is 0.150. The lowest BCUT2D eigenvalue weighted by atomic mass is 9.64. The van der Waals surface area contributed by atoms with Crippen molar-refractivity contribution in [3.63, 3.8) is 0 Å². The number of hydrogen-bond acceptors (Lipinski definition) is 2. The largest absolute Gasteiger partial charge is 0.311 e. The second-order valence-corrected chi connectivity index (χ2v) is 15.6. The van der Waals surface area contributed by atoms with Gasteiger partial charge in [-0.3, -0.25) is 0 Å². The fraction of sp³-hybridized carbons (Fsp3) is 0.217. The molecule has 2 nitrogen and oxygen atoms in total. The second kappa shape index (κ2) is 13.9. The van der Waals surface area contributed by atoms with E-state index in [0.29, 0.717) is 5.54 Å². The average molecular weight is 657 g/mol. The maximum Gasteiger partial charge on any atom is 0.0461 e. The summed E-state index contributed by atoms with van der Waals surface area (Å²) in [5.74, 6) is 0. The average Bonchev–Trinajstić information content (AvgIpc) is 3.13. The predicted molar refractivity (Wildman–Crippen MR) is 214 cm³/mol. The van der Waals surface area contributed by atoms with Crippen molar-refractivity contribution in [2.75, 3.05) is 9.80 Å². The van der Waals surface area contributed by atoms with Gasteiger partial charge in [-0.25, -0.2) is 0 Å². The Bertz CT molecular complexity index is 1750. The van der Waals surface area contributed by atoms with Gasteiger partial charge in [0.2, 0.25) is 0 Å². The van der Waals surface area contributed by atoms with Crippen LogP contribution < -0.4 is 9.80 Å². The van der Waals surface area contributed by atoms with Crippen LogP contribution in [0.4, 0.5) is 34.1 Å². The molecule has 6 aromatic rings. The van der Waals surface area contributed by atoms with Crippen LogP contribution in [-0.2, 0) is 5.41 Å². The predicted octanol–water partition coefficient (Wildman–Crippen LogP) is 11.9. The van der Waals surface area contributed by atoms with Crippen molar-refractivity contribution >= 4 is 44.4 Å². The molecule has 0 aromatic heterocycles. The van der Waals surface area contributed by atoms with Gasteiger partial charge in [-0.2, -0.15) is 0 Å². The topological polar surface area (TPSA) is 6.48 Å². The van der Waals surface area contributed by atoms with Gasteiger partial charge in [0.25, 0.3) is 0 Å². The van der Waals surface area contributed by atoms with Crippen LogP contribution >= 0.6 is 0 Å². The van der Waals surface area contributed by atoms with E-state index in [2.05, 4.69) is 183 Å². The molecule has 1 atom stereocenters. The molecule has 1 saturated carbocycles. The molecule has 0 radical (unpaired) electrons. The lowest BCUT2D eigenvalue weighted by Crippen LogP contribution is -2.36. The number of rotatable bonds is 8. The Morgan fingerprint density at radius 1 is 0.408 bits per heavy atom. The van der Waals surface area contributed by atoms with Crippen molar-refractivity contribution < 1.29 is 0 Å². The maximum atomic E-state index is 2.43. The van der Waals surface area contributed by atoms with Crippen LogP contribution in [0.3, 0.4) is 0 Å². The molecule has 246 valence electrons. The zero-order valence-electron chi connectivity index (χ0n) is 29.7. The molecule has 1 aliphatic carbocycles. The maximum absolute atomic E-state index is 2.43. The summed E-state index contributed by atoms with van der Waals surface area (Å²) in [5.41, 5.74) is 15.8. The fourth-order valence-electron chi connectivity index (χ4n) is 7.86. The third kappa shape index (κ3) is 6.60. The third-order valence-corrected chi connectivity index (χ3v) is 12.3. The molecule has 1 fully saturated rings. The molecule has 0 bridgehead atoms. The molecule has 0 N–H and O–H groups in total. The van der Waals surface area contributed by atoms with Crippen LogP contribution in [0.25, 0.3) is 0 Å². The van der Waals surface area contributed by atoms with Crippen molar-refractivity contribution in [3.8, 4) is 0 Å². The minimum atomic E-state index is 0.0264. The van der Waals surface area contributed by atoms with Crippen LogP contribution in [0.5, 0.6) is 0 Å². The Hall–Kier alpha value is -4.86. The number of nitrogens with zero attached hydrogens (tertiary/aromatic N) is 2. The van der Waals surface area contributed by atoms with Gasteiger partial charge < -0.3 is 9.80 Å². The van der Waals surface area contributed by atoms with Gasteiger partial charge >= 0.3 is 0 Å². The molecule has 0 saturated heterocycles. The highest BCUT2D eigenvalue weighted by molar-refractivity contribution is 6.13. The van der Waals surface area contributed by atoms with E-state index in [4.69, 9.17) is 0 Å². The Morgan fingerprint density at radius 3 is 0.939 bits per heavy atom. The first-order valence-electron chi connectivity index (χ1n) is 17.9. The number of anilines is 6. The van der Waals surface area contributed by atoms with E-state index in [1.165, 1.54) is 93.2 Å². The van der Waals surface area contributed by atoms with E-state index in [1.54, 1.807) is 0 Å². The second-order valence-electron chi connectivity index (χ2n) is 14.2. The summed E-state index contributed by atoms with van der Waals surface area (Å²) in [6.45, 7) is 8.60. The standard InChI is InChI=1S/C46H48N2Si/c1-33-8-20-39(21-9-33)47(40-22-10-34(2)11-23-40)43-28-16-37(17-29-43)46(32-6-5-7-45(46)49)38-18-30-44(31-19-38)48(41-24-12-35(3)13-25-41)42-26-14-36(4)15-27-42/h8-31,45H,5-7,32H2,1-4,49H3.